The number of non-ortho nitro benzene ring substituents is 1. The molecule has 13 heteroatoms. The monoisotopic (exact) mass is 518 g/mol. The molecule has 0 unspecified atom stereocenters. The summed E-state index contributed by atoms with van der Waals surface area (Å²) in [5.41, 5.74) is -1.03. The molecule has 10 nitrogen and oxygen atoms in total. The molecule has 3 heterocycles. The number of pyridine rings is 1. The van der Waals surface area contributed by atoms with Crippen molar-refractivity contribution in [3.05, 3.63) is 51.7 Å². The molecule has 0 saturated carbocycles. The third-order valence-corrected chi connectivity index (χ3v) is 6.17. The molecule has 1 atom stereocenters. The average molecular weight is 519 g/mol. The Morgan fingerprint density at radius 3 is 2.54 bits per heavy atom. The Bertz CT molecular complexity index is 1280. The zero-order chi connectivity index (χ0) is 26.7. The molecule has 1 aliphatic rings. The van der Waals surface area contributed by atoms with Gasteiger partial charge in [-0.25, -0.2) is 9.97 Å². The third kappa shape index (κ3) is 6.34. The van der Waals surface area contributed by atoms with E-state index in [0.29, 0.717) is 35.3 Å². The van der Waals surface area contributed by atoms with Crippen LogP contribution in [0.3, 0.4) is 0 Å². The molecule has 0 radical (unpaired) electrons. The van der Waals surface area contributed by atoms with Crippen molar-refractivity contribution in [3.63, 3.8) is 0 Å². The van der Waals surface area contributed by atoms with Gasteiger partial charge in [0, 0.05) is 43.7 Å². The lowest BCUT2D eigenvalue weighted by atomic mass is 10.0. The Kier molecular flexibility index (Phi) is 7.62. The number of likely N-dealkylation sites (N-methyl/N-ethyl adjacent to an activating group) is 1. The van der Waals surface area contributed by atoms with E-state index < -0.39 is 28.4 Å². The zero-order valence-electron chi connectivity index (χ0n) is 20.8. The van der Waals surface area contributed by atoms with Gasteiger partial charge in [0.25, 0.3) is 5.69 Å². The van der Waals surface area contributed by atoms with Crippen molar-refractivity contribution in [1.82, 2.24) is 19.9 Å². The quantitative estimate of drug-likeness (QED) is 0.307. The van der Waals surface area contributed by atoms with Crippen molar-refractivity contribution in [2.45, 2.75) is 32.0 Å². The van der Waals surface area contributed by atoms with Crippen LogP contribution in [-0.4, -0.2) is 65.0 Å². The molecule has 37 heavy (non-hydrogen) atoms. The summed E-state index contributed by atoms with van der Waals surface area (Å²) in [6.45, 7) is 4.72. The fourth-order valence-electron chi connectivity index (χ4n) is 4.16. The van der Waals surface area contributed by atoms with Gasteiger partial charge in [-0.15, -0.1) is 0 Å². The maximum absolute atomic E-state index is 13.4. The van der Waals surface area contributed by atoms with Crippen LogP contribution < -0.4 is 15.5 Å². The fraction of sp³-hybridized carbons (Fsp3) is 0.458. The minimum absolute atomic E-state index is 0.115. The van der Waals surface area contributed by atoms with E-state index in [1.165, 1.54) is 0 Å². The lowest BCUT2D eigenvalue weighted by Crippen LogP contribution is -2.22. The van der Waals surface area contributed by atoms with Crippen molar-refractivity contribution < 1.29 is 18.1 Å². The van der Waals surface area contributed by atoms with Gasteiger partial charge in [0.05, 0.1) is 28.2 Å². The minimum atomic E-state index is -4.72. The molecule has 1 aromatic carbocycles. The summed E-state index contributed by atoms with van der Waals surface area (Å²) in [6.07, 6.45) is -0.919. The third-order valence-electron chi connectivity index (χ3n) is 6.17. The van der Waals surface area contributed by atoms with Gasteiger partial charge in [-0.2, -0.15) is 18.2 Å². The first-order valence-corrected chi connectivity index (χ1v) is 12.0. The first-order valence-electron chi connectivity index (χ1n) is 12.0. The van der Waals surface area contributed by atoms with Crippen LogP contribution in [0.2, 0.25) is 0 Å². The first kappa shape index (κ1) is 26.3. The SMILES string of the molecule is C[C@@H](Nc1nc(NCCN(C)C)nc2cnc(N3CCCC3)cc12)c1cc([N+](=O)[O-])cc(C(F)(F)F)c1. The van der Waals surface area contributed by atoms with E-state index >= 15 is 0 Å². The number of rotatable bonds is 9. The lowest BCUT2D eigenvalue weighted by Gasteiger charge is -2.20. The Morgan fingerprint density at radius 2 is 1.89 bits per heavy atom. The summed E-state index contributed by atoms with van der Waals surface area (Å²) in [6, 6.07) is 3.74. The Morgan fingerprint density at radius 1 is 1.16 bits per heavy atom. The van der Waals surface area contributed by atoms with Crippen LogP contribution in [0.5, 0.6) is 0 Å². The zero-order valence-corrected chi connectivity index (χ0v) is 20.8. The van der Waals surface area contributed by atoms with Gasteiger partial charge in [-0.1, -0.05) is 0 Å². The number of hydrogen-bond acceptors (Lipinski definition) is 9. The highest BCUT2D eigenvalue weighted by Gasteiger charge is 2.33. The molecule has 1 aliphatic heterocycles. The van der Waals surface area contributed by atoms with E-state index in [2.05, 4.69) is 30.5 Å². The molecule has 4 rings (SSSR count). The van der Waals surface area contributed by atoms with Crippen LogP contribution in [-0.2, 0) is 6.18 Å². The van der Waals surface area contributed by atoms with Crippen molar-refractivity contribution in [2.75, 3.05) is 55.8 Å². The van der Waals surface area contributed by atoms with E-state index in [-0.39, 0.29) is 5.56 Å². The van der Waals surface area contributed by atoms with Crippen molar-refractivity contribution in [2.24, 2.45) is 0 Å². The largest absolute Gasteiger partial charge is 0.416 e. The van der Waals surface area contributed by atoms with Gasteiger partial charge >= 0.3 is 6.18 Å². The molecule has 198 valence electrons. The van der Waals surface area contributed by atoms with Crippen LogP contribution in [0.1, 0.15) is 36.9 Å². The molecule has 2 N–H and O–H groups in total. The molecule has 0 aliphatic carbocycles. The average Bonchev–Trinajstić information content (AvgIpc) is 3.38. The molecule has 1 saturated heterocycles. The fourth-order valence-corrected chi connectivity index (χ4v) is 4.16. The van der Waals surface area contributed by atoms with Gasteiger partial charge < -0.3 is 20.4 Å². The number of hydrogen-bond donors (Lipinski definition) is 2. The predicted octanol–water partition coefficient (Wildman–Crippen LogP) is 4.70. The predicted molar refractivity (Wildman–Crippen MR) is 136 cm³/mol. The van der Waals surface area contributed by atoms with Crippen LogP contribution in [0.4, 0.5) is 36.4 Å². The van der Waals surface area contributed by atoms with Crippen molar-refractivity contribution >= 4 is 34.2 Å². The standard InChI is InChI=1S/C24H29F3N8O2/c1-15(16-10-17(24(25,26)27)12-18(11-16)35(36)37)30-22-19-13-21(34-7-4-5-8-34)29-14-20(19)31-23(32-22)28-6-9-33(2)3/h10-15H,4-9H2,1-3H3,(H2,28,30,31,32)/t15-/m1/s1. The number of nitro benzene ring substituents is 1. The van der Waals surface area contributed by atoms with Gasteiger partial charge in [-0.3, -0.25) is 10.1 Å². The summed E-state index contributed by atoms with van der Waals surface area (Å²) in [7, 11) is 3.88. The number of alkyl halides is 3. The number of halogens is 3. The van der Waals surface area contributed by atoms with Crippen LogP contribution in [0.25, 0.3) is 10.9 Å². The Balaban J connectivity index is 1.73. The number of nitrogens with one attached hydrogen (secondary N) is 2. The lowest BCUT2D eigenvalue weighted by molar-refractivity contribution is -0.385. The number of nitro groups is 1. The number of nitrogens with zero attached hydrogens (tertiary/aromatic N) is 6. The Hall–Kier alpha value is -3.74. The van der Waals surface area contributed by atoms with E-state index in [4.69, 9.17) is 0 Å². The van der Waals surface area contributed by atoms with E-state index in [1.54, 1.807) is 13.1 Å². The summed E-state index contributed by atoms with van der Waals surface area (Å²) in [5.74, 6) is 1.51. The maximum atomic E-state index is 13.4. The van der Waals surface area contributed by atoms with E-state index in [0.717, 1.165) is 50.4 Å². The van der Waals surface area contributed by atoms with Gasteiger partial charge in [0.15, 0.2) is 0 Å². The number of anilines is 3. The Labute approximate surface area is 212 Å². The smallest absolute Gasteiger partial charge is 0.363 e. The normalized spacial score (nSPS) is 14.8. The second-order valence-corrected chi connectivity index (χ2v) is 9.31. The van der Waals surface area contributed by atoms with E-state index in [9.17, 15) is 23.3 Å². The summed E-state index contributed by atoms with van der Waals surface area (Å²) < 4.78 is 40.3. The minimum Gasteiger partial charge on any atom is -0.363 e. The highest BCUT2D eigenvalue weighted by atomic mass is 19.4. The highest BCUT2D eigenvalue weighted by molar-refractivity contribution is 5.91. The number of benzene rings is 1. The second-order valence-electron chi connectivity index (χ2n) is 9.31. The molecule has 1 fully saturated rings. The van der Waals surface area contributed by atoms with Gasteiger partial charge in [-0.05, 0) is 51.6 Å². The van der Waals surface area contributed by atoms with Crippen LogP contribution in [0, 0.1) is 10.1 Å². The van der Waals surface area contributed by atoms with Gasteiger partial charge in [0.1, 0.15) is 11.6 Å². The number of aromatic nitrogens is 3. The highest BCUT2D eigenvalue weighted by Crippen LogP contribution is 2.35. The topological polar surface area (TPSA) is 112 Å². The molecular formula is C24H29F3N8O2. The molecule has 0 bridgehead atoms. The van der Waals surface area contributed by atoms with Crippen molar-refractivity contribution in [1.29, 1.82) is 0 Å². The molecule has 2 aromatic heterocycles. The second kappa shape index (κ2) is 10.7. The van der Waals surface area contributed by atoms with Crippen LogP contribution in [0.15, 0.2) is 30.5 Å². The summed E-state index contributed by atoms with van der Waals surface area (Å²) in [5, 5.41) is 18.3. The molecule has 0 spiro atoms. The van der Waals surface area contributed by atoms with Crippen molar-refractivity contribution in [3.8, 4) is 0 Å². The maximum Gasteiger partial charge on any atom is 0.416 e. The van der Waals surface area contributed by atoms with E-state index in [1.807, 2.05) is 25.1 Å². The van der Waals surface area contributed by atoms with Crippen LogP contribution >= 0.6 is 0 Å². The molecule has 3 aromatic rings. The van der Waals surface area contributed by atoms with Gasteiger partial charge in [0.2, 0.25) is 5.95 Å². The molecule has 0 amide bonds. The molecular weight excluding hydrogens is 489 g/mol. The number of fused-ring (bicyclic) bond motifs is 1. The summed E-state index contributed by atoms with van der Waals surface area (Å²) >= 11 is 0. The summed E-state index contributed by atoms with van der Waals surface area (Å²) in [4.78, 5) is 28.4. The first-order chi connectivity index (χ1) is 17.5.